The van der Waals surface area contributed by atoms with Crippen molar-refractivity contribution in [1.82, 2.24) is 9.97 Å². The van der Waals surface area contributed by atoms with Crippen LogP contribution in [0.15, 0.2) is 48.8 Å². The van der Waals surface area contributed by atoms with Gasteiger partial charge in [-0.3, -0.25) is 0 Å². The van der Waals surface area contributed by atoms with Gasteiger partial charge in [0.25, 0.3) is 0 Å². The Morgan fingerprint density at radius 3 is 2.34 bits per heavy atom. The Bertz CT molecular complexity index is 1010. The summed E-state index contributed by atoms with van der Waals surface area (Å²) in [5.74, 6) is -1.25. The number of rotatable bonds is 5. The van der Waals surface area contributed by atoms with Gasteiger partial charge in [-0.15, -0.1) is 0 Å². The first-order valence-corrected chi connectivity index (χ1v) is 8.67. The number of nitrogens with two attached hydrogens (primary N) is 1. The highest BCUT2D eigenvalue weighted by atomic mass is 35.5. The number of hydrogen-bond acceptors (Lipinski definition) is 4. The minimum absolute atomic E-state index is 0.0396. The summed E-state index contributed by atoms with van der Waals surface area (Å²) in [5, 5.41) is 2.38. The van der Waals surface area contributed by atoms with Crippen molar-refractivity contribution < 1.29 is 22.0 Å². The molecule has 0 bridgehead atoms. The van der Waals surface area contributed by atoms with Crippen LogP contribution in [0.5, 0.6) is 0 Å². The Morgan fingerprint density at radius 2 is 1.72 bits per heavy atom. The summed E-state index contributed by atoms with van der Waals surface area (Å²) in [6.07, 6.45) is -3.37. The Hall–Kier alpha value is -2.78. The summed E-state index contributed by atoms with van der Waals surface area (Å²) in [4.78, 5) is 7.99. The van der Waals surface area contributed by atoms with Crippen LogP contribution in [-0.4, -0.2) is 16.5 Å². The summed E-state index contributed by atoms with van der Waals surface area (Å²) < 4.78 is 66.1. The molecule has 0 spiro atoms. The minimum atomic E-state index is -4.56. The van der Waals surface area contributed by atoms with Gasteiger partial charge in [-0.25, -0.2) is 18.7 Å². The van der Waals surface area contributed by atoms with Gasteiger partial charge in [-0.2, -0.15) is 13.2 Å². The molecule has 0 saturated heterocycles. The van der Waals surface area contributed by atoms with Crippen molar-refractivity contribution in [3.63, 3.8) is 0 Å². The lowest BCUT2D eigenvalue weighted by Gasteiger charge is -2.15. The molecular formula is C19H14ClF5N4. The van der Waals surface area contributed by atoms with Gasteiger partial charge in [0.15, 0.2) is 0 Å². The van der Waals surface area contributed by atoms with Gasteiger partial charge in [0.2, 0.25) is 0 Å². The van der Waals surface area contributed by atoms with Gasteiger partial charge >= 0.3 is 6.18 Å². The van der Waals surface area contributed by atoms with Crippen molar-refractivity contribution in [2.75, 3.05) is 11.9 Å². The summed E-state index contributed by atoms with van der Waals surface area (Å²) in [7, 11) is 0. The second-order valence-electron chi connectivity index (χ2n) is 6.10. The normalized spacial score (nSPS) is 12.7. The monoisotopic (exact) mass is 428 g/mol. The Morgan fingerprint density at radius 1 is 1.03 bits per heavy atom. The van der Waals surface area contributed by atoms with Crippen molar-refractivity contribution in [1.29, 1.82) is 0 Å². The maximum Gasteiger partial charge on any atom is 0.417 e. The third-order valence-corrected chi connectivity index (χ3v) is 4.42. The lowest BCUT2D eigenvalue weighted by Crippen LogP contribution is -2.23. The molecule has 10 heteroatoms. The van der Waals surface area contributed by atoms with Crippen molar-refractivity contribution in [2.45, 2.75) is 12.2 Å². The van der Waals surface area contributed by atoms with Gasteiger partial charge in [-0.05, 0) is 24.3 Å². The standard InChI is InChI=1S/C19H14ClF5N4/c20-12-6-10(4-5-11(12)19(23,24)25)16-7-17(29-9-28-16)27-8-15(26)18-13(21)2-1-3-14(18)22/h1-7,9,15H,8,26H2,(H,27,28,29)/t15-/m0/s1. The summed E-state index contributed by atoms with van der Waals surface area (Å²) in [5.41, 5.74) is 5.30. The van der Waals surface area contributed by atoms with E-state index in [1.54, 1.807) is 0 Å². The number of nitrogens with zero attached hydrogens (tertiary/aromatic N) is 2. The maximum absolute atomic E-state index is 13.8. The zero-order chi connectivity index (χ0) is 21.2. The molecule has 152 valence electrons. The van der Waals surface area contributed by atoms with E-state index in [0.717, 1.165) is 24.3 Å². The third-order valence-electron chi connectivity index (χ3n) is 4.11. The number of nitrogens with one attached hydrogen (secondary N) is 1. The van der Waals surface area contributed by atoms with E-state index in [9.17, 15) is 22.0 Å². The second-order valence-corrected chi connectivity index (χ2v) is 6.51. The molecule has 0 amide bonds. The first-order chi connectivity index (χ1) is 13.7. The van der Waals surface area contributed by atoms with Crippen molar-refractivity contribution in [3.8, 4) is 11.3 Å². The van der Waals surface area contributed by atoms with Crippen molar-refractivity contribution >= 4 is 17.4 Å². The van der Waals surface area contributed by atoms with Crippen LogP contribution in [0.1, 0.15) is 17.2 Å². The van der Waals surface area contributed by atoms with Gasteiger partial charge < -0.3 is 11.1 Å². The predicted molar refractivity (Wildman–Crippen MR) is 99.3 cm³/mol. The molecule has 3 N–H and O–H groups in total. The molecule has 1 atom stereocenters. The van der Waals surface area contributed by atoms with Crippen LogP contribution >= 0.6 is 11.6 Å². The van der Waals surface area contributed by atoms with Gasteiger partial charge in [0, 0.05) is 23.7 Å². The number of halogens is 6. The van der Waals surface area contributed by atoms with E-state index < -0.39 is 34.4 Å². The highest BCUT2D eigenvalue weighted by molar-refractivity contribution is 6.31. The van der Waals surface area contributed by atoms with Crippen LogP contribution in [-0.2, 0) is 6.18 Å². The fourth-order valence-corrected chi connectivity index (χ4v) is 2.99. The topological polar surface area (TPSA) is 63.8 Å². The van der Waals surface area contributed by atoms with Gasteiger partial charge in [0.05, 0.1) is 22.3 Å². The third kappa shape index (κ3) is 4.80. The molecule has 0 unspecified atom stereocenters. The predicted octanol–water partition coefficient (Wildman–Crippen LogP) is 5.21. The van der Waals surface area contributed by atoms with Crippen molar-refractivity contribution in [2.24, 2.45) is 5.73 Å². The average molecular weight is 429 g/mol. The van der Waals surface area contributed by atoms with Gasteiger partial charge in [-0.1, -0.05) is 23.7 Å². The number of benzene rings is 2. The van der Waals surface area contributed by atoms with E-state index in [2.05, 4.69) is 15.3 Å². The summed E-state index contributed by atoms with van der Waals surface area (Å²) in [6.45, 7) is -0.0396. The fraction of sp³-hybridized carbons (Fsp3) is 0.158. The minimum Gasteiger partial charge on any atom is -0.368 e. The number of aromatic nitrogens is 2. The van der Waals surface area contributed by atoms with Crippen LogP contribution in [0.25, 0.3) is 11.3 Å². The van der Waals surface area contributed by atoms with E-state index >= 15 is 0 Å². The zero-order valence-electron chi connectivity index (χ0n) is 14.6. The zero-order valence-corrected chi connectivity index (χ0v) is 15.4. The molecule has 0 aliphatic carbocycles. The van der Waals surface area contributed by atoms with Crippen LogP contribution in [0.2, 0.25) is 5.02 Å². The SMILES string of the molecule is N[C@@H](CNc1cc(-c2ccc(C(F)(F)F)c(Cl)c2)ncn1)c1c(F)cccc1F. The molecule has 3 rings (SSSR count). The van der Waals surface area contributed by atoms with E-state index in [0.29, 0.717) is 11.3 Å². The smallest absolute Gasteiger partial charge is 0.368 e. The molecule has 4 nitrogen and oxygen atoms in total. The molecule has 29 heavy (non-hydrogen) atoms. The van der Waals surface area contributed by atoms with E-state index in [1.807, 2.05) is 0 Å². The summed E-state index contributed by atoms with van der Waals surface area (Å²) >= 11 is 5.74. The molecule has 1 heterocycles. The van der Waals surface area contributed by atoms with E-state index in [-0.39, 0.29) is 17.9 Å². The maximum atomic E-state index is 13.8. The molecule has 0 aliphatic heterocycles. The largest absolute Gasteiger partial charge is 0.417 e. The van der Waals surface area contributed by atoms with E-state index in [1.165, 1.54) is 24.5 Å². The van der Waals surface area contributed by atoms with Crippen molar-refractivity contribution in [3.05, 3.63) is 76.6 Å². The lowest BCUT2D eigenvalue weighted by atomic mass is 10.1. The second kappa shape index (κ2) is 8.30. The molecule has 2 aromatic carbocycles. The van der Waals surface area contributed by atoms with Crippen LogP contribution in [0.3, 0.4) is 0 Å². The van der Waals surface area contributed by atoms with Crippen LogP contribution in [0.4, 0.5) is 27.8 Å². The molecule has 1 aromatic heterocycles. The Kier molecular flexibility index (Phi) is 5.99. The molecular weight excluding hydrogens is 415 g/mol. The molecule has 3 aromatic rings. The van der Waals surface area contributed by atoms with E-state index in [4.69, 9.17) is 17.3 Å². The fourth-order valence-electron chi connectivity index (χ4n) is 2.70. The number of alkyl halides is 3. The van der Waals surface area contributed by atoms with Crippen LogP contribution in [0, 0.1) is 11.6 Å². The molecule has 0 fully saturated rings. The Balaban J connectivity index is 1.77. The molecule has 0 saturated carbocycles. The summed E-state index contributed by atoms with van der Waals surface area (Å²) in [6, 6.07) is 7.17. The molecule has 0 aliphatic rings. The number of hydrogen-bond donors (Lipinski definition) is 2. The van der Waals surface area contributed by atoms with Gasteiger partial charge in [0.1, 0.15) is 23.8 Å². The first-order valence-electron chi connectivity index (χ1n) is 8.29. The first kappa shape index (κ1) is 20.9. The highest BCUT2D eigenvalue weighted by Crippen LogP contribution is 2.36. The quantitative estimate of drug-likeness (QED) is 0.548. The lowest BCUT2D eigenvalue weighted by molar-refractivity contribution is -0.137. The Labute approximate surface area is 167 Å². The number of anilines is 1. The van der Waals surface area contributed by atoms with Crippen LogP contribution < -0.4 is 11.1 Å². The highest BCUT2D eigenvalue weighted by Gasteiger charge is 2.33. The average Bonchev–Trinajstić information content (AvgIpc) is 2.65. The molecule has 0 radical (unpaired) electrons.